The summed E-state index contributed by atoms with van der Waals surface area (Å²) in [5, 5.41) is 7.87. The van der Waals surface area contributed by atoms with E-state index in [4.69, 9.17) is 11.6 Å². The molecule has 0 bridgehead atoms. The van der Waals surface area contributed by atoms with Gasteiger partial charge >= 0.3 is 0 Å². The second-order valence-corrected chi connectivity index (χ2v) is 6.55. The molecule has 106 valence electrons. The standard InChI is InChI=1S/C15H23ClN2S/c16-14-4-2-13(3-5-14)12-19-11-1-8-18-15-6-9-17-10-7-15/h2-5,15,17-18H,1,6-12H2. The average molecular weight is 299 g/mol. The first kappa shape index (κ1) is 15.2. The van der Waals surface area contributed by atoms with Crippen LogP contribution in [0.4, 0.5) is 0 Å². The number of benzene rings is 1. The first-order chi connectivity index (χ1) is 9.34. The number of thioether (sulfide) groups is 1. The van der Waals surface area contributed by atoms with Crippen LogP contribution in [0.15, 0.2) is 24.3 Å². The second-order valence-electron chi connectivity index (χ2n) is 5.01. The highest BCUT2D eigenvalue weighted by Crippen LogP contribution is 2.15. The van der Waals surface area contributed by atoms with Crippen LogP contribution in [-0.4, -0.2) is 31.4 Å². The van der Waals surface area contributed by atoms with Crippen LogP contribution in [0.1, 0.15) is 24.8 Å². The molecule has 1 fully saturated rings. The van der Waals surface area contributed by atoms with Gasteiger partial charge in [-0.3, -0.25) is 0 Å². The van der Waals surface area contributed by atoms with Crippen LogP contribution in [0.25, 0.3) is 0 Å². The molecule has 1 aliphatic rings. The van der Waals surface area contributed by atoms with Gasteiger partial charge in [0.25, 0.3) is 0 Å². The quantitative estimate of drug-likeness (QED) is 0.755. The lowest BCUT2D eigenvalue weighted by molar-refractivity contribution is 0.389. The molecule has 1 aromatic carbocycles. The van der Waals surface area contributed by atoms with Crippen LogP contribution in [-0.2, 0) is 5.75 Å². The van der Waals surface area contributed by atoms with Crippen molar-refractivity contribution in [3.8, 4) is 0 Å². The van der Waals surface area contributed by atoms with E-state index in [1.165, 1.54) is 43.7 Å². The van der Waals surface area contributed by atoms with E-state index < -0.39 is 0 Å². The number of halogens is 1. The number of rotatable bonds is 7. The molecular weight excluding hydrogens is 276 g/mol. The maximum atomic E-state index is 5.87. The Morgan fingerprint density at radius 2 is 1.95 bits per heavy atom. The molecule has 0 saturated carbocycles. The minimum Gasteiger partial charge on any atom is -0.317 e. The van der Waals surface area contributed by atoms with Gasteiger partial charge in [-0.15, -0.1) is 0 Å². The summed E-state index contributed by atoms with van der Waals surface area (Å²) in [5.74, 6) is 2.31. The van der Waals surface area contributed by atoms with E-state index in [1.807, 2.05) is 23.9 Å². The van der Waals surface area contributed by atoms with E-state index in [9.17, 15) is 0 Å². The van der Waals surface area contributed by atoms with Crippen LogP contribution in [0.5, 0.6) is 0 Å². The summed E-state index contributed by atoms with van der Waals surface area (Å²) in [7, 11) is 0. The van der Waals surface area contributed by atoms with Gasteiger partial charge in [0.15, 0.2) is 0 Å². The van der Waals surface area contributed by atoms with Crippen molar-refractivity contribution in [1.29, 1.82) is 0 Å². The molecule has 0 unspecified atom stereocenters. The van der Waals surface area contributed by atoms with E-state index >= 15 is 0 Å². The molecule has 0 aromatic heterocycles. The molecule has 1 aromatic rings. The van der Waals surface area contributed by atoms with Gasteiger partial charge in [-0.1, -0.05) is 23.7 Å². The molecular formula is C15H23ClN2S. The zero-order valence-corrected chi connectivity index (χ0v) is 12.9. The van der Waals surface area contributed by atoms with Crippen molar-refractivity contribution in [3.63, 3.8) is 0 Å². The van der Waals surface area contributed by atoms with E-state index in [0.717, 1.165) is 23.4 Å². The smallest absolute Gasteiger partial charge is 0.0406 e. The first-order valence-corrected chi connectivity index (χ1v) is 8.64. The van der Waals surface area contributed by atoms with Crippen molar-refractivity contribution < 1.29 is 0 Å². The SMILES string of the molecule is Clc1ccc(CSCCCNC2CCNCC2)cc1. The third-order valence-electron chi connectivity index (χ3n) is 3.42. The van der Waals surface area contributed by atoms with Gasteiger partial charge in [-0.05, 0) is 62.3 Å². The van der Waals surface area contributed by atoms with Crippen molar-refractivity contribution in [2.45, 2.75) is 31.1 Å². The number of hydrogen-bond acceptors (Lipinski definition) is 3. The van der Waals surface area contributed by atoms with Crippen molar-refractivity contribution in [2.24, 2.45) is 0 Å². The highest BCUT2D eigenvalue weighted by atomic mass is 35.5. The molecule has 0 radical (unpaired) electrons. The van der Waals surface area contributed by atoms with Crippen LogP contribution < -0.4 is 10.6 Å². The lowest BCUT2D eigenvalue weighted by Gasteiger charge is -2.23. The molecule has 0 aliphatic carbocycles. The van der Waals surface area contributed by atoms with E-state index in [0.29, 0.717) is 0 Å². The number of hydrogen-bond donors (Lipinski definition) is 2. The van der Waals surface area contributed by atoms with Crippen LogP contribution in [0, 0.1) is 0 Å². The highest BCUT2D eigenvalue weighted by molar-refractivity contribution is 7.98. The summed E-state index contributed by atoms with van der Waals surface area (Å²) in [5.41, 5.74) is 1.36. The minimum atomic E-state index is 0.738. The Labute approximate surface area is 125 Å². The third kappa shape index (κ3) is 6.17. The Bertz CT molecular complexity index is 350. The first-order valence-electron chi connectivity index (χ1n) is 7.11. The van der Waals surface area contributed by atoms with Crippen molar-refractivity contribution >= 4 is 23.4 Å². The molecule has 2 rings (SSSR count). The summed E-state index contributed by atoms with van der Waals surface area (Å²) in [4.78, 5) is 0. The van der Waals surface area contributed by atoms with Crippen LogP contribution in [0.3, 0.4) is 0 Å². The third-order valence-corrected chi connectivity index (χ3v) is 4.79. The zero-order valence-electron chi connectivity index (χ0n) is 11.3. The van der Waals surface area contributed by atoms with Gasteiger partial charge in [-0.25, -0.2) is 0 Å². The van der Waals surface area contributed by atoms with Crippen molar-refractivity contribution in [1.82, 2.24) is 10.6 Å². The van der Waals surface area contributed by atoms with Crippen molar-refractivity contribution in [3.05, 3.63) is 34.9 Å². The highest BCUT2D eigenvalue weighted by Gasteiger charge is 2.10. The Hall–Kier alpha value is -0.220. The van der Waals surface area contributed by atoms with E-state index in [-0.39, 0.29) is 0 Å². The number of nitrogens with one attached hydrogen (secondary N) is 2. The molecule has 1 aliphatic heterocycles. The molecule has 0 atom stereocenters. The summed E-state index contributed by atoms with van der Waals surface area (Å²) < 4.78 is 0. The fourth-order valence-electron chi connectivity index (χ4n) is 2.28. The number of piperidine rings is 1. The molecule has 19 heavy (non-hydrogen) atoms. The molecule has 4 heteroatoms. The molecule has 0 spiro atoms. The zero-order chi connectivity index (χ0) is 13.3. The Balaban J connectivity index is 1.49. The Morgan fingerprint density at radius 3 is 2.68 bits per heavy atom. The normalized spacial score (nSPS) is 16.7. The predicted octanol–water partition coefficient (Wildman–Crippen LogP) is 3.30. The maximum Gasteiger partial charge on any atom is 0.0406 e. The Kier molecular flexibility index (Phi) is 7.07. The van der Waals surface area contributed by atoms with Gasteiger partial charge in [0.05, 0.1) is 0 Å². The Morgan fingerprint density at radius 1 is 1.21 bits per heavy atom. The summed E-state index contributed by atoms with van der Waals surface area (Å²) in [6.45, 7) is 3.49. The maximum absolute atomic E-state index is 5.87. The van der Waals surface area contributed by atoms with Crippen LogP contribution in [0.2, 0.25) is 5.02 Å². The largest absolute Gasteiger partial charge is 0.317 e. The van der Waals surface area contributed by atoms with E-state index in [1.54, 1.807) is 0 Å². The molecule has 2 N–H and O–H groups in total. The molecule has 1 heterocycles. The van der Waals surface area contributed by atoms with E-state index in [2.05, 4.69) is 22.8 Å². The summed E-state index contributed by atoms with van der Waals surface area (Å²) >= 11 is 7.87. The fourth-order valence-corrected chi connectivity index (χ4v) is 3.32. The minimum absolute atomic E-state index is 0.738. The monoisotopic (exact) mass is 298 g/mol. The average Bonchev–Trinajstić information content (AvgIpc) is 2.46. The summed E-state index contributed by atoms with van der Waals surface area (Å²) in [6, 6.07) is 8.90. The van der Waals surface area contributed by atoms with Gasteiger partial charge in [0.1, 0.15) is 0 Å². The van der Waals surface area contributed by atoms with Gasteiger partial charge in [-0.2, -0.15) is 11.8 Å². The topological polar surface area (TPSA) is 24.1 Å². The predicted molar refractivity (Wildman–Crippen MR) is 86.1 cm³/mol. The summed E-state index contributed by atoms with van der Waals surface area (Å²) in [6.07, 6.45) is 3.80. The lowest BCUT2D eigenvalue weighted by atomic mass is 10.1. The second kappa shape index (κ2) is 8.85. The van der Waals surface area contributed by atoms with Gasteiger partial charge in [0, 0.05) is 16.8 Å². The molecule has 2 nitrogen and oxygen atoms in total. The molecule has 1 saturated heterocycles. The molecule has 0 amide bonds. The van der Waals surface area contributed by atoms with Gasteiger partial charge in [0.2, 0.25) is 0 Å². The van der Waals surface area contributed by atoms with Crippen LogP contribution >= 0.6 is 23.4 Å². The lowest BCUT2D eigenvalue weighted by Crippen LogP contribution is -2.40. The van der Waals surface area contributed by atoms with Gasteiger partial charge < -0.3 is 10.6 Å². The van der Waals surface area contributed by atoms with Crippen molar-refractivity contribution in [2.75, 3.05) is 25.4 Å². The fraction of sp³-hybridized carbons (Fsp3) is 0.600.